The lowest BCUT2D eigenvalue weighted by molar-refractivity contribution is -0.112. The van der Waals surface area contributed by atoms with Gasteiger partial charge in [-0.1, -0.05) is 18.2 Å². The van der Waals surface area contributed by atoms with Crippen molar-refractivity contribution >= 4 is 23.6 Å². The first-order valence-corrected chi connectivity index (χ1v) is 7.17. The maximum atomic E-state index is 11.5. The fraction of sp³-hybridized carbons (Fsp3) is 0.200. The van der Waals surface area contributed by atoms with Crippen molar-refractivity contribution in [3.63, 3.8) is 0 Å². The number of thiophene rings is 1. The highest BCUT2D eigenvalue weighted by atomic mass is 32.1. The minimum absolute atomic E-state index is 0.112. The fourth-order valence-corrected chi connectivity index (χ4v) is 2.61. The molecular formula is C15H17N3OS. The highest BCUT2D eigenvalue weighted by molar-refractivity contribution is 7.08. The van der Waals surface area contributed by atoms with Crippen molar-refractivity contribution in [2.45, 2.75) is 12.5 Å². The Morgan fingerprint density at radius 2 is 2.15 bits per heavy atom. The topological polar surface area (TPSA) is 65.0 Å². The number of carbonyl (C=O) groups is 1. The lowest BCUT2D eigenvalue weighted by atomic mass is 9.91. The Morgan fingerprint density at radius 1 is 1.35 bits per heavy atom. The summed E-state index contributed by atoms with van der Waals surface area (Å²) >= 11 is 1.64. The quantitative estimate of drug-likeness (QED) is 0.460. The van der Waals surface area contributed by atoms with E-state index in [9.17, 15) is 4.79 Å². The second-order valence-corrected chi connectivity index (χ2v) is 5.44. The van der Waals surface area contributed by atoms with Crippen LogP contribution in [0.3, 0.4) is 0 Å². The molecule has 2 aromatic rings. The molecule has 0 amide bonds. The summed E-state index contributed by atoms with van der Waals surface area (Å²) in [6.45, 7) is 1.76. The van der Waals surface area contributed by atoms with Gasteiger partial charge >= 0.3 is 0 Å². The van der Waals surface area contributed by atoms with Crippen LogP contribution in [0.15, 0.2) is 41.1 Å². The summed E-state index contributed by atoms with van der Waals surface area (Å²) in [7, 11) is 1.64. The van der Waals surface area contributed by atoms with Gasteiger partial charge in [0.1, 0.15) is 11.8 Å². The molecule has 4 nitrogen and oxygen atoms in total. The minimum Gasteiger partial charge on any atom is -0.360 e. The Morgan fingerprint density at radius 3 is 2.75 bits per heavy atom. The van der Waals surface area contributed by atoms with E-state index in [1.807, 2.05) is 35.7 Å². The van der Waals surface area contributed by atoms with Crippen LogP contribution < -0.4 is 10.6 Å². The largest absolute Gasteiger partial charge is 0.360 e. The third kappa shape index (κ3) is 2.88. The molecule has 1 heterocycles. The first kappa shape index (κ1) is 14.3. The summed E-state index contributed by atoms with van der Waals surface area (Å²) in [6, 6.07) is 9.85. The van der Waals surface area contributed by atoms with E-state index in [0.717, 1.165) is 23.0 Å². The average Bonchev–Trinajstić information content (AvgIpc) is 3.01. The van der Waals surface area contributed by atoms with Crippen molar-refractivity contribution < 1.29 is 4.79 Å². The molecule has 0 fully saturated rings. The molecule has 3 N–H and O–H groups in total. The number of rotatable bonds is 4. The summed E-state index contributed by atoms with van der Waals surface area (Å²) in [5, 5.41) is 17.3. The van der Waals surface area contributed by atoms with Crippen LogP contribution in [-0.4, -0.2) is 19.3 Å². The van der Waals surface area contributed by atoms with Gasteiger partial charge in [-0.3, -0.25) is 5.41 Å². The van der Waals surface area contributed by atoms with Crippen LogP contribution in [0, 0.1) is 5.41 Å². The molecule has 0 radical (unpaired) electrons. The minimum atomic E-state index is -0.924. The predicted octanol–water partition coefficient (Wildman–Crippen LogP) is 2.57. The van der Waals surface area contributed by atoms with Crippen molar-refractivity contribution in [3.8, 4) is 11.1 Å². The van der Waals surface area contributed by atoms with Gasteiger partial charge in [0, 0.05) is 7.05 Å². The van der Waals surface area contributed by atoms with Crippen LogP contribution in [-0.2, 0) is 10.3 Å². The molecule has 0 aliphatic carbocycles. The summed E-state index contributed by atoms with van der Waals surface area (Å²) in [5.74, 6) is 0.112. The lowest BCUT2D eigenvalue weighted by Crippen LogP contribution is -2.48. The first-order valence-electron chi connectivity index (χ1n) is 6.23. The molecule has 20 heavy (non-hydrogen) atoms. The maximum Gasteiger partial charge on any atom is 0.189 e. The van der Waals surface area contributed by atoms with Crippen LogP contribution in [0.25, 0.3) is 11.1 Å². The van der Waals surface area contributed by atoms with E-state index >= 15 is 0 Å². The molecule has 0 aliphatic heterocycles. The van der Waals surface area contributed by atoms with Crippen LogP contribution in [0.2, 0.25) is 0 Å². The summed E-state index contributed by atoms with van der Waals surface area (Å²) in [5.41, 5.74) is 2.10. The van der Waals surface area contributed by atoms with Crippen LogP contribution in [0.5, 0.6) is 0 Å². The Hall–Kier alpha value is -2.14. The molecule has 0 saturated heterocycles. The van der Waals surface area contributed by atoms with Gasteiger partial charge in [-0.05, 0) is 46.5 Å². The van der Waals surface area contributed by atoms with Crippen molar-refractivity contribution in [3.05, 3.63) is 46.7 Å². The first-order chi connectivity index (χ1) is 9.59. The van der Waals surface area contributed by atoms with E-state index in [1.165, 1.54) is 0 Å². The van der Waals surface area contributed by atoms with E-state index in [2.05, 4.69) is 16.0 Å². The number of carbonyl (C=O) groups excluding carboxylic acids is 1. The van der Waals surface area contributed by atoms with Crippen molar-refractivity contribution in [1.82, 2.24) is 10.6 Å². The molecule has 1 aromatic heterocycles. The zero-order chi connectivity index (χ0) is 14.6. The fourth-order valence-electron chi connectivity index (χ4n) is 1.94. The Balaban J connectivity index is 2.38. The summed E-state index contributed by atoms with van der Waals surface area (Å²) < 4.78 is 0. The standard InChI is InChI=1S/C15H17N3OS/c1-15(10-19,18-14(16)17-2)13-5-3-4-11(8-13)12-6-7-20-9-12/h3-10H,1-2H3,(H3,16,17,18). The van der Waals surface area contributed by atoms with Gasteiger partial charge < -0.3 is 15.4 Å². The number of aldehydes is 1. The SMILES string of the molecule is CNC(=N)NC(C)(C=O)c1cccc(-c2ccsc2)c1. The van der Waals surface area contributed by atoms with Gasteiger partial charge in [0.15, 0.2) is 5.96 Å². The summed E-state index contributed by atoms with van der Waals surface area (Å²) in [4.78, 5) is 11.5. The molecule has 2 rings (SSSR count). The number of hydrogen-bond donors (Lipinski definition) is 3. The molecule has 1 unspecified atom stereocenters. The van der Waals surface area contributed by atoms with E-state index in [4.69, 9.17) is 5.41 Å². The second kappa shape index (κ2) is 5.88. The van der Waals surface area contributed by atoms with E-state index in [-0.39, 0.29) is 5.96 Å². The van der Waals surface area contributed by atoms with Gasteiger partial charge in [-0.25, -0.2) is 0 Å². The molecular weight excluding hydrogens is 270 g/mol. The smallest absolute Gasteiger partial charge is 0.189 e. The Kier molecular flexibility index (Phi) is 4.20. The zero-order valence-electron chi connectivity index (χ0n) is 11.4. The van der Waals surface area contributed by atoms with E-state index in [0.29, 0.717) is 0 Å². The number of benzene rings is 1. The third-order valence-electron chi connectivity index (χ3n) is 3.19. The molecule has 0 bridgehead atoms. The number of guanidine groups is 1. The van der Waals surface area contributed by atoms with Crippen LogP contribution >= 0.6 is 11.3 Å². The average molecular weight is 287 g/mol. The Labute approximate surface area is 122 Å². The third-order valence-corrected chi connectivity index (χ3v) is 3.87. The second-order valence-electron chi connectivity index (χ2n) is 4.66. The molecule has 0 spiro atoms. The predicted molar refractivity (Wildman–Crippen MR) is 83.1 cm³/mol. The normalized spacial score (nSPS) is 13.3. The highest BCUT2D eigenvalue weighted by Crippen LogP contribution is 2.27. The van der Waals surface area contributed by atoms with Gasteiger partial charge in [0.2, 0.25) is 0 Å². The van der Waals surface area contributed by atoms with E-state index in [1.54, 1.807) is 25.3 Å². The molecule has 0 aliphatic rings. The summed E-state index contributed by atoms with van der Waals surface area (Å²) in [6.07, 6.45) is 0.825. The van der Waals surface area contributed by atoms with Crippen molar-refractivity contribution in [2.75, 3.05) is 7.05 Å². The van der Waals surface area contributed by atoms with Gasteiger partial charge in [0.25, 0.3) is 0 Å². The van der Waals surface area contributed by atoms with E-state index < -0.39 is 5.54 Å². The number of hydrogen-bond acceptors (Lipinski definition) is 3. The Bertz CT molecular complexity index is 609. The van der Waals surface area contributed by atoms with Crippen molar-refractivity contribution in [2.24, 2.45) is 0 Å². The molecule has 0 saturated carbocycles. The van der Waals surface area contributed by atoms with Crippen molar-refractivity contribution in [1.29, 1.82) is 5.41 Å². The van der Waals surface area contributed by atoms with Gasteiger partial charge in [0.05, 0.1) is 0 Å². The van der Waals surface area contributed by atoms with Crippen LogP contribution in [0.1, 0.15) is 12.5 Å². The lowest BCUT2D eigenvalue weighted by Gasteiger charge is -2.26. The monoisotopic (exact) mass is 287 g/mol. The molecule has 1 aromatic carbocycles. The van der Waals surface area contributed by atoms with Gasteiger partial charge in [-0.15, -0.1) is 0 Å². The van der Waals surface area contributed by atoms with Gasteiger partial charge in [-0.2, -0.15) is 11.3 Å². The highest BCUT2D eigenvalue weighted by Gasteiger charge is 2.27. The molecule has 1 atom stereocenters. The molecule has 104 valence electrons. The van der Waals surface area contributed by atoms with Crippen LogP contribution in [0.4, 0.5) is 0 Å². The molecule has 5 heteroatoms. The maximum absolute atomic E-state index is 11.5. The zero-order valence-corrected chi connectivity index (χ0v) is 12.3. The number of nitrogens with one attached hydrogen (secondary N) is 3.